The zero-order valence-corrected chi connectivity index (χ0v) is 17.3. The number of fused-ring (bicyclic) bond motifs is 1. The van der Waals surface area contributed by atoms with Gasteiger partial charge in [0.1, 0.15) is 0 Å². The van der Waals surface area contributed by atoms with E-state index < -0.39 is 41.1 Å². The van der Waals surface area contributed by atoms with Gasteiger partial charge in [0.15, 0.2) is 41.1 Å². The molecule has 0 aromatic heterocycles. The van der Waals surface area contributed by atoms with Gasteiger partial charge in [0, 0.05) is 16.9 Å². The number of aryl methyl sites for hydroxylation is 1. The maximum absolute atomic E-state index is 14.2. The third kappa shape index (κ3) is 4.56. The molecule has 32 heavy (non-hydrogen) atoms. The van der Waals surface area contributed by atoms with E-state index >= 15 is 0 Å². The van der Waals surface area contributed by atoms with E-state index in [1.165, 1.54) is 30.3 Å². The van der Waals surface area contributed by atoms with Crippen molar-refractivity contribution in [2.45, 2.75) is 26.1 Å². The third-order valence-corrected chi connectivity index (χ3v) is 5.30. The van der Waals surface area contributed by atoms with E-state index in [1.807, 2.05) is 6.92 Å². The second-order valence-corrected chi connectivity index (χ2v) is 7.78. The fourth-order valence-electron chi connectivity index (χ4n) is 3.69. The summed E-state index contributed by atoms with van der Waals surface area (Å²) < 4.78 is 85.8. The summed E-state index contributed by atoms with van der Waals surface area (Å²) in [6.07, 6.45) is 0.547. The molecule has 0 atom stereocenters. The maximum atomic E-state index is 14.2. The number of ether oxygens (including phenoxy) is 3. The van der Waals surface area contributed by atoms with Gasteiger partial charge < -0.3 is 14.2 Å². The molecule has 4 rings (SSSR count). The lowest BCUT2D eigenvalue weighted by atomic mass is 10.0. The van der Waals surface area contributed by atoms with Crippen LogP contribution in [0.1, 0.15) is 30.8 Å². The van der Waals surface area contributed by atoms with Gasteiger partial charge in [-0.25, -0.2) is 22.0 Å². The summed E-state index contributed by atoms with van der Waals surface area (Å²) in [7, 11) is 0. The van der Waals surface area contributed by atoms with Crippen LogP contribution in [0, 0.1) is 35.0 Å². The van der Waals surface area contributed by atoms with Crippen molar-refractivity contribution in [3.05, 3.63) is 76.6 Å². The van der Waals surface area contributed by atoms with Gasteiger partial charge in [0.05, 0.1) is 19.8 Å². The summed E-state index contributed by atoms with van der Waals surface area (Å²) in [6, 6.07) is 7.74. The zero-order chi connectivity index (χ0) is 22.8. The van der Waals surface area contributed by atoms with Gasteiger partial charge in [-0.2, -0.15) is 0 Å². The van der Waals surface area contributed by atoms with Crippen molar-refractivity contribution in [1.82, 2.24) is 0 Å². The van der Waals surface area contributed by atoms with Crippen LogP contribution in [0.15, 0.2) is 36.4 Å². The van der Waals surface area contributed by atoms with Crippen molar-refractivity contribution in [3.8, 4) is 5.75 Å². The molecule has 0 N–H and O–H groups in total. The van der Waals surface area contributed by atoms with E-state index in [9.17, 15) is 22.0 Å². The normalized spacial score (nSPS) is 18.8. The van der Waals surface area contributed by atoms with Crippen LogP contribution in [0.25, 0.3) is 10.8 Å². The van der Waals surface area contributed by atoms with Crippen molar-refractivity contribution in [1.29, 1.82) is 0 Å². The number of hydrogen-bond donors (Lipinski definition) is 0. The monoisotopic (exact) mass is 452 g/mol. The second-order valence-electron chi connectivity index (χ2n) is 7.78. The molecular formula is C24H21F5O3. The Bertz CT molecular complexity index is 1100. The lowest BCUT2D eigenvalue weighted by Crippen LogP contribution is -2.31. The Hall–Kier alpha value is -2.71. The molecule has 3 aromatic rings. The molecule has 1 aliphatic rings. The molecular weight excluding hydrogens is 431 g/mol. The first kappa shape index (κ1) is 22.5. The lowest BCUT2D eigenvalue weighted by molar-refractivity contribution is -0.208. The molecule has 0 aliphatic carbocycles. The van der Waals surface area contributed by atoms with Crippen LogP contribution >= 0.6 is 0 Å². The van der Waals surface area contributed by atoms with Gasteiger partial charge in [-0.15, -0.1) is 0 Å². The van der Waals surface area contributed by atoms with Crippen LogP contribution in [0.5, 0.6) is 5.75 Å². The first-order chi connectivity index (χ1) is 15.4. The van der Waals surface area contributed by atoms with Gasteiger partial charge in [0.25, 0.3) is 0 Å². The minimum absolute atomic E-state index is 0.0128. The van der Waals surface area contributed by atoms with Crippen molar-refractivity contribution in [2.75, 3.05) is 19.8 Å². The Kier molecular flexibility index (Phi) is 6.62. The van der Waals surface area contributed by atoms with Crippen LogP contribution in [0.2, 0.25) is 0 Å². The SMILES string of the molecule is CCCc1cc(F)c(OCC2COC(c3ccc4c(F)c(F)c(F)cc4c3)OC2)c(F)c1. The summed E-state index contributed by atoms with van der Waals surface area (Å²) >= 11 is 0. The molecule has 0 amide bonds. The Morgan fingerprint density at radius 3 is 2.22 bits per heavy atom. The maximum Gasteiger partial charge on any atom is 0.195 e. The highest BCUT2D eigenvalue weighted by Crippen LogP contribution is 2.31. The highest BCUT2D eigenvalue weighted by Gasteiger charge is 2.26. The van der Waals surface area contributed by atoms with E-state index in [1.54, 1.807) is 0 Å². The standard InChI is InChI=1S/C24H21F5O3/c1-2-3-13-6-19(26)23(20(27)7-13)30-10-14-11-31-24(32-12-14)15-4-5-17-16(8-15)9-18(25)22(29)21(17)28/h4-9,14,24H,2-3,10-12H2,1H3. The molecule has 170 valence electrons. The number of benzene rings is 3. The topological polar surface area (TPSA) is 27.7 Å². The first-order valence-corrected chi connectivity index (χ1v) is 10.3. The van der Waals surface area contributed by atoms with E-state index in [2.05, 4.69) is 0 Å². The van der Waals surface area contributed by atoms with Crippen LogP contribution in [-0.4, -0.2) is 19.8 Å². The highest BCUT2D eigenvalue weighted by molar-refractivity contribution is 5.84. The molecule has 0 radical (unpaired) electrons. The van der Waals surface area contributed by atoms with E-state index in [0.29, 0.717) is 17.5 Å². The quantitative estimate of drug-likeness (QED) is 0.328. The van der Waals surface area contributed by atoms with Crippen molar-refractivity contribution in [3.63, 3.8) is 0 Å². The fourth-order valence-corrected chi connectivity index (χ4v) is 3.69. The van der Waals surface area contributed by atoms with Crippen LogP contribution in [0.4, 0.5) is 22.0 Å². The Balaban J connectivity index is 1.38. The highest BCUT2D eigenvalue weighted by atomic mass is 19.2. The smallest absolute Gasteiger partial charge is 0.195 e. The Labute approximate surface area is 181 Å². The molecule has 1 fully saturated rings. The summed E-state index contributed by atoms with van der Waals surface area (Å²) in [4.78, 5) is 0. The van der Waals surface area contributed by atoms with Crippen LogP contribution in [0.3, 0.4) is 0 Å². The molecule has 3 aromatic carbocycles. The van der Waals surface area contributed by atoms with Gasteiger partial charge in [-0.3, -0.25) is 0 Å². The van der Waals surface area contributed by atoms with Gasteiger partial charge in [-0.05, 0) is 41.6 Å². The number of hydrogen-bond acceptors (Lipinski definition) is 3. The Morgan fingerprint density at radius 2 is 1.56 bits per heavy atom. The fraction of sp³-hybridized carbons (Fsp3) is 0.333. The van der Waals surface area contributed by atoms with Crippen molar-refractivity contribution in [2.24, 2.45) is 5.92 Å². The largest absolute Gasteiger partial charge is 0.487 e. The predicted octanol–water partition coefficient (Wildman–Crippen LogP) is 6.23. The molecule has 3 nitrogen and oxygen atoms in total. The van der Waals surface area contributed by atoms with E-state index in [-0.39, 0.29) is 36.5 Å². The average molecular weight is 452 g/mol. The van der Waals surface area contributed by atoms with Gasteiger partial charge >= 0.3 is 0 Å². The third-order valence-electron chi connectivity index (χ3n) is 5.30. The molecule has 0 saturated carbocycles. The summed E-state index contributed by atoms with van der Waals surface area (Å²) in [5.41, 5.74) is 1.07. The molecule has 1 aliphatic heterocycles. The van der Waals surface area contributed by atoms with Crippen molar-refractivity contribution < 1.29 is 36.2 Å². The molecule has 0 bridgehead atoms. The molecule has 0 spiro atoms. The molecule has 1 saturated heterocycles. The zero-order valence-electron chi connectivity index (χ0n) is 17.3. The lowest BCUT2D eigenvalue weighted by Gasteiger charge is -2.29. The number of rotatable bonds is 6. The summed E-state index contributed by atoms with van der Waals surface area (Å²) in [5.74, 6) is -6.27. The first-order valence-electron chi connectivity index (χ1n) is 10.3. The minimum Gasteiger partial charge on any atom is -0.487 e. The van der Waals surface area contributed by atoms with Crippen LogP contribution < -0.4 is 4.74 Å². The average Bonchev–Trinajstić information content (AvgIpc) is 2.77. The predicted molar refractivity (Wildman–Crippen MR) is 108 cm³/mol. The van der Waals surface area contributed by atoms with Gasteiger partial charge in [0.2, 0.25) is 0 Å². The van der Waals surface area contributed by atoms with Crippen LogP contribution in [-0.2, 0) is 15.9 Å². The summed E-state index contributed by atoms with van der Waals surface area (Å²) in [6.45, 7) is 2.28. The van der Waals surface area contributed by atoms with E-state index in [4.69, 9.17) is 14.2 Å². The molecule has 8 heteroatoms. The minimum atomic E-state index is -1.52. The van der Waals surface area contributed by atoms with Gasteiger partial charge in [-0.1, -0.05) is 25.5 Å². The van der Waals surface area contributed by atoms with Crippen molar-refractivity contribution >= 4 is 10.8 Å². The van der Waals surface area contributed by atoms with E-state index in [0.717, 1.165) is 12.5 Å². The second kappa shape index (κ2) is 9.42. The number of halogens is 5. The molecule has 1 heterocycles. The Morgan fingerprint density at radius 1 is 0.875 bits per heavy atom. The molecule has 0 unspecified atom stereocenters. The summed E-state index contributed by atoms with van der Waals surface area (Å²) in [5, 5.41) is 0.123.